The second-order valence-corrected chi connectivity index (χ2v) is 5.15. The van der Waals surface area contributed by atoms with Gasteiger partial charge in [0.1, 0.15) is 10.4 Å². The Morgan fingerprint density at radius 2 is 2.12 bits per heavy atom. The van der Waals surface area contributed by atoms with Crippen molar-refractivity contribution in [2.24, 2.45) is 12.8 Å². The van der Waals surface area contributed by atoms with Crippen molar-refractivity contribution in [3.05, 3.63) is 38.7 Å². The van der Waals surface area contributed by atoms with Gasteiger partial charge in [-0.2, -0.15) is 0 Å². The molecule has 0 aliphatic rings. The smallest absolute Gasteiger partial charge is 0.132 e. The number of rotatable bonds is 2. The van der Waals surface area contributed by atoms with E-state index in [1.807, 2.05) is 17.7 Å². The Morgan fingerprint density at radius 3 is 2.65 bits per heavy atom. The molecule has 0 aliphatic carbocycles. The van der Waals surface area contributed by atoms with Crippen LogP contribution in [-0.4, -0.2) is 9.55 Å². The maximum Gasteiger partial charge on any atom is 0.132 e. The fourth-order valence-electron chi connectivity index (χ4n) is 1.66. The fourth-order valence-corrected chi connectivity index (χ4v) is 2.85. The van der Waals surface area contributed by atoms with Gasteiger partial charge < -0.3 is 10.3 Å². The quantitative estimate of drug-likeness (QED) is 0.911. The predicted molar refractivity (Wildman–Crippen MR) is 74.3 cm³/mol. The van der Waals surface area contributed by atoms with Crippen LogP contribution in [0.4, 0.5) is 0 Å². The second-order valence-electron chi connectivity index (χ2n) is 3.55. The first-order valence-electron chi connectivity index (χ1n) is 4.91. The van der Waals surface area contributed by atoms with Crippen LogP contribution in [0.5, 0.6) is 0 Å². The molecule has 3 nitrogen and oxygen atoms in total. The van der Waals surface area contributed by atoms with E-state index in [0.29, 0.717) is 16.6 Å². The van der Waals surface area contributed by atoms with E-state index in [2.05, 4.69) is 20.9 Å². The molecule has 0 bridgehead atoms. The fraction of sp³-hybridized carbons (Fsp3) is 0.182. The molecule has 2 aromatic rings. The van der Waals surface area contributed by atoms with E-state index >= 15 is 0 Å². The van der Waals surface area contributed by atoms with Gasteiger partial charge >= 0.3 is 0 Å². The molecular formula is C11H10BrCl2N3. The molecule has 2 rings (SSSR count). The molecule has 6 heteroatoms. The zero-order chi connectivity index (χ0) is 12.6. The van der Waals surface area contributed by atoms with Gasteiger partial charge in [0.25, 0.3) is 0 Å². The summed E-state index contributed by atoms with van der Waals surface area (Å²) < 4.78 is 2.64. The summed E-state index contributed by atoms with van der Waals surface area (Å²) in [6, 6.07) is 5.37. The van der Waals surface area contributed by atoms with Crippen molar-refractivity contribution in [1.29, 1.82) is 0 Å². The summed E-state index contributed by atoms with van der Waals surface area (Å²) in [7, 11) is 1.90. The summed E-state index contributed by atoms with van der Waals surface area (Å²) in [6.45, 7) is 0.375. The molecule has 0 saturated carbocycles. The van der Waals surface area contributed by atoms with Crippen molar-refractivity contribution in [3.8, 4) is 11.3 Å². The van der Waals surface area contributed by atoms with E-state index < -0.39 is 0 Å². The lowest BCUT2D eigenvalue weighted by atomic mass is 10.1. The topological polar surface area (TPSA) is 43.8 Å². The van der Waals surface area contributed by atoms with E-state index in [1.165, 1.54) is 0 Å². The largest absolute Gasteiger partial charge is 0.329 e. The van der Waals surface area contributed by atoms with Crippen LogP contribution in [-0.2, 0) is 13.6 Å². The van der Waals surface area contributed by atoms with Crippen molar-refractivity contribution in [3.63, 3.8) is 0 Å². The molecule has 0 atom stereocenters. The minimum absolute atomic E-state index is 0.375. The Labute approximate surface area is 118 Å². The first-order valence-corrected chi connectivity index (χ1v) is 6.46. The van der Waals surface area contributed by atoms with E-state index in [4.69, 9.17) is 28.9 Å². The van der Waals surface area contributed by atoms with Crippen molar-refractivity contribution < 1.29 is 0 Å². The summed E-state index contributed by atoms with van der Waals surface area (Å²) in [6.07, 6.45) is 0. The summed E-state index contributed by atoms with van der Waals surface area (Å²) >= 11 is 15.5. The summed E-state index contributed by atoms with van der Waals surface area (Å²) in [5.41, 5.74) is 7.38. The van der Waals surface area contributed by atoms with Crippen LogP contribution in [0.3, 0.4) is 0 Å². The predicted octanol–water partition coefficient (Wildman–Crippen LogP) is 3.62. The van der Waals surface area contributed by atoms with Crippen molar-refractivity contribution in [2.45, 2.75) is 6.54 Å². The Bertz CT molecular complexity index is 566. The minimum Gasteiger partial charge on any atom is -0.329 e. The first-order chi connectivity index (χ1) is 8.04. The molecule has 0 saturated heterocycles. The molecule has 90 valence electrons. The van der Waals surface area contributed by atoms with Crippen LogP contribution in [0, 0.1) is 0 Å². The highest BCUT2D eigenvalue weighted by atomic mass is 79.9. The van der Waals surface area contributed by atoms with Gasteiger partial charge in [-0.15, -0.1) is 0 Å². The Morgan fingerprint density at radius 1 is 1.41 bits per heavy atom. The molecule has 0 amide bonds. The lowest BCUT2D eigenvalue weighted by Gasteiger charge is -2.07. The highest BCUT2D eigenvalue weighted by Gasteiger charge is 2.16. The van der Waals surface area contributed by atoms with Gasteiger partial charge in [-0.05, 0) is 34.1 Å². The molecule has 0 unspecified atom stereocenters. The van der Waals surface area contributed by atoms with Crippen LogP contribution in [0.1, 0.15) is 5.82 Å². The van der Waals surface area contributed by atoms with Gasteiger partial charge in [0, 0.05) is 17.6 Å². The van der Waals surface area contributed by atoms with Gasteiger partial charge in [0.05, 0.1) is 17.3 Å². The third kappa shape index (κ3) is 2.36. The number of hydrogen-bond donors (Lipinski definition) is 1. The van der Waals surface area contributed by atoms with Gasteiger partial charge in [0.15, 0.2) is 0 Å². The van der Waals surface area contributed by atoms with E-state index in [1.54, 1.807) is 12.1 Å². The van der Waals surface area contributed by atoms with Gasteiger partial charge in [-0.25, -0.2) is 4.98 Å². The standard InChI is InChI=1S/C11H10BrCl2N3/c1-17-9(5-15)16-11(12)10(17)7-3-2-6(13)4-8(7)14/h2-4H,5,15H2,1H3. The molecular weight excluding hydrogens is 325 g/mol. The van der Waals surface area contributed by atoms with Crippen molar-refractivity contribution in [1.82, 2.24) is 9.55 Å². The van der Waals surface area contributed by atoms with Crippen molar-refractivity contribution in [2.75, 3.05) is 0 Å². The van der Waals surface area contributed by atoms with E-state index in [-0.39, 0.29) is 0 Å². The van der Waals surface area contributed by atoms with Gasteiger partial charge in [-0.1, -0.05) is 23.2 Å². The van der Waals surface area contributed by atoms with Crippen LogP contribution >= 0.6 is 39.1 Å². The molecule has 0 spiro atoms. The summed E-state index contributed by atoms with van der Waals surface area (Å²) in [5, 5.41) is 1.20. The minimum atomic E-state index is 0.375. The van der Waals surface area contributed by atoms with E-state index in [0.717, 1.165) is 21.7 Å². The number of hydrogen-bond acceptors (Lipinski definition) is 2. The summed E-state index contributed by atoms with van der Waals surface area (Å²) in [4.78, 5) is 4.33. The average Bonchev–Trinajstić information content (AvgIpc) is 2.55. The third-order valence-corrected chi connectivity index (χ3v) is 3.61. The molecule has 1 aromatic heterocycles. The van der Waals surface area contributed by atoms with E-state index in [9.17, 15) is 0 Å². The van der Waals surface area contributed by atoms with Crippen LogP contribution in [0.2, 0.25) is 10.0 Å². The first kappa shape index (κ1) is 12.9. The van der Waals surface area contributed by atoms with Crippen molar-refractivity contribution >= 4 is 39.1 Å². The number of halogens is 3. The Balaban J connectivity index is 2.64. The van der Waals surface area contributed by atoms with Crippen LogP contribution in [0.15, 0.2) is 22.8 Å². The second kappa shape index (κ2) is 4.98. The zero-order valence-electron chi connectivity index (χ0n) is 9.04. The molecule has 2 N–H and O–H groups in total. The Kier molecular flexibility index (Phi) is 3.78. The number of imidazole rings is 1. The van der Waals surface area contributed by atoms with Crippen LogP contribution < -0.4 is 5.73 Å². The van der Waals surface area contributed by atoms with Crippen LogP contribution in [0.25, 0.3) is 11.3 Å². The average molecular weight is 335 g/mol. The number of aromatic nitrogens is 2. The molecule has 0 fully saturated rings. The van der Waals surface area contributed by atoms with Gasteiger partial charge in [0.2, 0.25) is 0 Å². The molecule has 1 aromatic carbocycles. The molecule has 0 radical (unpaired) electrons. The lowest BCUT2D eigenvalue weighted by Crippen LogP contribution is -2.05. The Hall–Kier alpha value is -0.550. The normalized spacial score (nSPS) is 10.9. The number of nitrogens with two attached hydrogens (primary N) is 1. The maximum absolute atomic E-state index is 6.18. The molecule has 1 heterocycles. The zero-order valence-corrected chi connectivity index (χ0v) is 12.1. The monoisotopic (exact) mass is 333 g/mol. The number of benzene rings is 1. The SMILES string of the molecule is Cn1c(CN)nc(Br)c1-c1ccc(Cl)cc1Cl. The lowest BCUT2D eigenvalue weighted by molar-refractivity contribution is 0.798. The number of nitrogens with zero attached hydrogens (tertiary/aromatic N) is 2. The summed E-state index contributed by atoms with van der Waals surface area (Å²) in [5.74, 6) is 0.790. The highest BCUT2D eigenvalue weighted by molar-refractivity contribution is 9.10. The molecule has 17 heavy (non-hydrogen) atoms. The maximum atomic E-state index is 6.18. The molecule has 0 aliphatic heterocycles. The highest BCUT2D eigenvalue weighted by Crippen LogP contribution is 2.34. The van der Waals surface area contributed by atoms with Gasteiger partial charge in [-0.3, -0.25) is 0 Å². The third-order valence-electron chi connectivity index (χ3n) is 2.51.